The molecule has 0 aromatic heterocycles. The topological polar surface area (TPSA) is 96.3 Å². The number of aromatic hydroxyl groups is 1. The second kappa shape index (κ2) is 9.94. The molecule has 2 N–H and O–H groups in total. The molecule has 0 saturated carbocycles. The lowest BCUT2D eigenvalue weighted by Crippen LogP contribution is -2.31. The van der Waals surface area contributed by atoms with E-state index in [-0.39, 0.29) is 35.5 Å². The zero-order chi connectivity index (χ0) is 26.3. The first kappa shape index (κ1) is 24.9. The first-order chi connectivity index (χ1) is 17.8. The lowest BCUT2D eigenvalue weighted by atomic mass is 9.94. The van der Waals surface area contributed by atoms with Crippen LogP contribution in [0.3, 0.4) is 0 Å². The first-order valence-corrected chi connectivity index (χ1v) is 12.8. The number of halogens is 1. The number of aliphatic hydroxyl groups excluding tert-OH is 1. The molecular weight excluding hydrogens is 538 g/mol. The smallest absolute Gasteiger partial charge is 0.295 e. The molecule has 0 aliphatic carbocycles. The molecule has 2 aliphatic heterocycles. The van der Waals surface area contributed by atoms with Crippen molar-refractivity contribution in [2.75, 3.05) is 13.7 Å². The molecule has 37 heavy (non-hydrogen) atoms. The minimum absolute atomic E-state index is 0.00961. The highest BCUT2D eigenvalue weighted by Crippen LogP contribution is 2.44. The Morgan fingerprint density at radius 2 is 1.89 bits per heavy atom. The van der Waals surface area contributed by atoms with E-state index in [4.69, 9.17) is 9.47 Å². The van der Waals surface area contributed by atoms with Crippen molar-refractivity contribution in [3.63, 3.8) is 0 Å². The minimum atomic E-state index is -0.877. The van der Waals surface area contributed by atoms with Gasteiger partial charge in [0.1, 0.15) is 17.6 Å². The summed E-state index contributed by atoms with van der Waals surface area (Å²) in [5.41, 5.74) is 2.89. The van der Waals surface area contributed by atoms with Gasteiger partial charge >= 0.3 is 0 Å². The second-order valence-corrected chi connectivity index (χ2v) is 10.1. The number of Topliss-reactive ketones (excluding diaryl/α,β-unsaturated/α-hetero) is 1. The Balaban J connectivity index is 1.62. The van der Waals surface area contributed by atoms with Crippen LogP contribution in [0.4, 0.5) is 0 Å². The third kappa shape index (κ3) is 4.57. The number of carbonyl (C=O) groups excluding carboxylic acids is 2. The summed E-state index contributed by atoms with van der Waals surface area (Å²) in [4.78, 5) is 28.2. The molecule has 2 atom stereocenters. The van der Waals surface area contributed by atoms with Gasteiger partial charge in [0.2, 0.25) is 0 Å². The second-order valence-electron chi connectivity index (χ2n) is 9.24. The van der Waals surface area contributed by atoms with Crippen molar-refractivity contribution >= 4 is 33.4 Å². The van der Waals surface area contributed by atoms with Crippen LogP contribution in [0.2, 0.25) is 0 Å². The van der Waals surface area contributed by atoms with Gasteiger partial charge in [0.05, 0.1) is 23.2 Å². The monoisotopic (exact) mass is 563 g/mol. The van der Waals surface area contributed by atoms with E-state index in [1.165, 1.54) is 12.0 Å². The fourth-order valence-electron chi connectivity index (χ4n) is 4.98. The molecule has 7 nitrogen and oxygen atoms in total. The zero-order valence-corrected chi connectivity index (χ0v) is 22.0. The SMILES string of the molecule is COc1cc(C2/C(=C(/O)c3ccc4c(c3)CC(C)O4)C(=O)C(=O)N2CCc2ccccc2)cc(Br)c1O. The maximum absolute atomic E-state index is 13.4. The lowest BCUT2D eigenvalue weighted by molar-refractivity contribution is -0.139. The molecule has 2 aliphatic rings. The van der Waals surface area contributed by atoms with Crippen LogP contribution in [-0.2, 0) is 22.4 Å². The lowest BCUT2D eigenvalue weighted by Gasteiger charge is -2.26. The van der Waals surface area contributed by atoms with Gasteiger partial charge in [0.25, 0.3) is 11.7 Å². The molecule has 1 amide bonds. The van der Waals surface area contributed by atoms with E-state index in [1.807, 2.05) is 37.3 Å². The van der Waals surface area contributed by atoms with Crippen LogP contribution in [-0.4, -0.2) is 46.6 Å². The molecule has 5 rings (SSSR count). The van der Waals surface area contributed by atoms with Crippen molar-refractivity contribution < 1.29 is 29.3 Å². The highest BCUT2D eigenvalue weighted by Gasteiger charge is 2.46. The number of likely N-dealkylation sites (tertiary alicyclic amines) is 1. The number of fused-ring (bicyclic) bond motifs is 1. The molecule has 3 aromatic rings. The molecule has 3 aromatic carbocycles. The average Bonchev–Trinajstić information content (AvgIpc) is 3.39. The number of benzene rings is 3. The van der Waals surface area contributed by atoms with Crippen molar-refractivity contribution in [3.8, 4) is 17.2 Å². The van der Waals surface area contributed by atoms with Gasteiger partial charge in [0.15, 0.2) is 11.5 Å². The predicted molar refractivity (Wildman–Crippen MR) is 142 cm³/mol. The van der Waals surface area contributed by atoms with Crippen LogP contribution in [0.15, 0.2) is 70.7 Å². The summed E-state index contributed by atoms with van der Waals surface area (Å²) in [6.07, 6.45) is 1.24. The van der Waals surface area contributed by atoms with Crippen LogP contribution in [0.25, 0.3) is 5.76 Å². The molecule has 0 bridgehead atoms. The summed E-state index contributed by atoms with van der Waals surface area (Å²) in [5, 5.41) is 21.8. The van der Waals surface area contributed by atoms with Crippen LogP contribution in [0.1, 0.15) is 35.2 Å². The number of methoxy groups -OCH3 is 1. The van der Waals surface area contributed by atoms with Crippen LogP contribution >= 0.6 is 15.9 Å². The molecule has 0 spiro atoms. The summed E-state index contributed by atoms with van der Waals surface area (Å²) < 4.78 is 11.4. The number of rotatable bonds is 6. The van der Waals surface area contributed by atoms with Gasteiger partial charge in [-0.1, -0.05) is 30.3 Å². The summed E-state index contributed by atoms with van der Waals surface area (Å²) in [6, 6.07) is 17.3. The van der Waals surface area contributed by atoms with Crippen molar-refractivity contribution in [2.45, 2.75) is 31.9 Å². The standard InChI is InChI=1S/C29H26BrNO6/c1-16-12-19-13-18(8-9-22(19)37-16)26(32)24-25(20-14-21(30)27(33)23(15-20)36-2)31(29(35)28(24)34)11-10-17-6-4-3-5-7-17/h3-9,13-16,25,32-33H,10-12H2,1-2H3/b26-24-. The van der Waals surface area contributed by atoms with Gasteiger partial charge in [-0.3, -0.25) is 9.59 Å². The maximum Gasteiger partial charge on any atom is 0.295 e. The summed E-state index contributed by atoms with van der Waals surface area (Å²) >= 11 is 3.34. The molecular formula is C29H26BrNO6. The average molecular weight is 564 g/mol. The van der Waals surface area contributed by atoms with E-state index in [9.17, 15) is 19.8 Å². The van der Waals surface area contributed by atoms with E-state index in [1.54, 1.807) is 30.3 Å². The van der Waals surface area contributed by atoms with Gasteiger partial charge in [-0.15, -0.1) is 0 Å². The van der Waals surface area contributed by atoms with Crippen LogP contribution in [0.5, 0.6) is 17.2 Å². The molecule has 8 heteroatoms. The molecule has 2 unspecified atom stereocenters. The Morgan fingerprint density at radius 3 is 2.62 bits per heavy atom. The quantitative estimate of drug-likeness (QED) is 0.244. The van der Waals surface area contributed by atoms with E-state index in [0.29, 0.717) is 28.4 Å². The molecule has 190 valence electrons. The van der Waals surface area contributed by atoms with Crippen molar-refractivity contribution in [1.29, 1.82) is 0 Å². The number of amides is 1. The largest absolute Gasteiger partial charge is 0.507 e. The van der Waals surface area contributed by atoms with E-state index in [2.05, 4.69) is 15.9 Å². The molecule has 1 fully saturated rings. The number of nitrogens with zero attached hydrogens (tertiary/aromatic N) is 1. The minimum Gasteiger partial charge on any atom is -0.507 e. The van der Waals surface area contributed by atoms with E-state index >= 15 is 0 Å². The predicted octanol–water partition coefficient (Wildman–Crippen LogP) is 5.15. The van der Waals surface area contributed by atoms with Gasteiger partial charge in [-0.25, -0.2) is 0 Å². The van der Waals surface area contributed by atoms with Crippen LogP contribution in [0, 0.1) is 0 Å². The summed E-state index contributed by atoms with van der Waals surface area (Å²) in [6.45, 7) is 2.22. The number of hydrogen-bond donors (Lipinski definition) is 2. The number of hydrogen-bond acceptors (Lipinski definition) is 6. The van der Waals surface area contributed by atoms with Gasteiger partial charge in [-0.05, 0) is 76.3 Å². The first-order valence-electron chi connectivity index (χ1n) is 12.0. The number of phenolic OH excluding ortho intramolecular Hbond substituents is 1. The normalized spacial score (nSPS) is 20.1. The van der Waals surface area contributed by atoms with Crippen molar-refractivity contribution in [1.82, 2.24) is 4.90 Å². The molecule has 0 radical (unpaired) electrons. The number of phenols is 1. The third-order valence-electron chi connectivity index (χ3n) is 6.78. The summed E-state index contributed by atoms with van der Waals surface area (Å²) in [5.74, 6) is -0.873. The highest BCUT2D eigenvalue weighted by atomic mass is 79.9. The maximum atomic E-state index is 13.4. The van der Waals surface area contributed by atoms with E-state index < -0.39 is 17.7 Å². The fraction of sp³-hybridized carbons (Fsp3) is 0.241. The van der Waals surface area contributed by atoms with Gasteiger partial charge in [-0.2, -0.15) is 0 Å². The zero-order valence-electron chi connectivity index (χ0n) is 20.4. The fourth-order valence-corrected chi connectivity index (χ4v) is 5.44. The Kier molecular flexibility index (Phi) is 6.69. The van der Waals surface area contributed by atoms with Crippen molar-refractivity contribution in [3.05, 3.63) is 93.0 Å². The summed E-state index contributed by atoms with van der Waals surface area (Å²) in [7, 11) is 1.42. The number of aliphatic hydroxyl groups is 1. The number of carbonyl (C=O) groups is 2. The van der Waals surface area contributed by atoms with Crippen LogP contribution < -0.4 is 9.47 Å². The van der Waals surface area contributed by atoms with E-state index in [0.717, 1.165) is 16.9 Å². The van der Waals surface area contributed by atoms with Gasteiger partial charge < -0.3 is 24.6 Å². The Morgan fingerprint density at radius 1 is 1.14 bits per heavy atom. The highest BCUT2D eigenvalue weighted by molar-refractivity contribution is 9.10. The van der Waals surface area contributed by atoms with Crippen molar-refractivity contribution in [2.24, 2.45) is 0 Å². The molecule has 2 heterocycles. The van der Waals surface area contributed by atoms with Gasteiger partial charge in [0, 0.05) is 18.5 Å². The number of ketones is 1. The Labute approximate surface area is 223 Å². The Bertz CT molecular complexity index is 1420. The number of ether oxygens (including phenoxy) is 2. The molecule has 1 saturated heterocycles. The third-order valence-corrected chi connectivity index (χ3v) is 7.38. The Hall–Kier alpha value is -3.78.